The number of hydrogen-bond donors (Lipinski definition) is 3. The summed E-state index contributed by atoms with van der Waals surface area (Å²) in [5.74, 6) is -1.49. The number of carbonyl (C=O) groups excluding carboxylic acids is 2. The van der Waals surface area contributed by atoms with E-state index in [0.717, 1.165) is 32.1 Å². The van der Waals surface area contributed by atoms with Gasteiger partial charge < -0.3 is 11.5 Å². The highest BCUT2D eigenvalue weighted by Gasteiger charge is 2.55. The largest absolute Gasteiger partial charge is 0.368 e. The molecule has 1 atom stereocenters. The van der Waals surface area contributed by atoms with Crippen LogP contribution in [-0.4, -0.2) is 25.8 Å². The van der Waals surface area contributed by atoms with Crippen molar-refractivity contribution in [1.82, 2.24) is 4.72 Å². The molecule has 1 aromatic carbocycles. The molecule has 150 valence electrons. The smallest absolute Gasteiger partial charge is 0.248 e. The van der Waals surface area contributed by atoms with Crippen LogP contribution >= 0.6 is 0 Å². The van der Waals surface area contributed by atoms with Crippen molar-refractivity contribution in [3.05, 3.63) is 29.8 Å². The molecule has 0 aliphatic heterocycles. The van der Waals surface area contributed by atoms with Gasteiger partial charge in [0.1, 0.15) is 5.54 Å². The zero-order chi connectivity index (χ0) is 20.5. The van der Waals surface area contributed by atoms with Crippen LogP contribution in [0, 0.1) is 11.3 Å². The van der Waals surface area contributed by atoms with Crippen molar-refractivity contribution in [3.63, 3.8) is 0 Å². The van der Waals surface area contributed by atoms with E-state index < -0.39 is 32.8 Å². The van der Waals surface area contributed by atoms with E-state index in [1.54, 1.807) is 0 Å². The lowest BCUT2D eigenvalue weighted by Crippen LogP contribution is -2.68. The molecule has 0 saturated heterocycles. The van der Waals surface area contributed by atoms with E-state index in [4.69, 9.17) is 11.5 Å². The lowest BCUT2D eigenvalue weighted by Gasteiger charge is -2.49. The summed E-state index contributed by atoms with van der Waals surface area (Å²) in [7, 11) is -4.04. The average Bonchev–Trinajstić information content (AvgIpc) is 2.59. The van der Waals surface area contributed by atoms with Crippen LogP contribution in [0.3, 0.4) is 0 Å². The van der Waals surface area contributed by atoms with Gasteiger partial charge in [0.25, 0.3) is 0 Å². The summed E-state index contributed by atoms with van der Waals surface area (Å²) >= 11 is 0. The van der Waals surface area contributed by atoms with Crippen LogP contribution in [0.2, 0.25) is 0 Å². The fraction of sp³-hybridized carbons (Fsp3) is 0.579. The number of primary amides is 2. The highest BCUT2D eigenvalue weighted by atomic mass is 32.2. The molecule has 0 aromatic heterocycles. The molecule has 0 spiro atoms. The molecule has 1 fully saturated rings. The Bertz CT molecular complexity index is 806. The Balaban J connectivity index is 2.50. The van der Waals surface area contributed by atoms with Gasteiger partial charge in [-0.25, -0.2) is 8.42 Å². The molecule has 1 saturated carbocycles. The predicted octanol–water partition coefficient (Wildman–Crippen LogP) is 1.91. The van der Waals surface area contributed by atoms with Crippen molar-refractivity contribution < 1.29 is 18.0 Å². The molecular formula is C19H29N3O4S. The van der Waals surface area contributed by atoms with Gasteiger partial charge in [-0.05, 0) is 48.4 Å². The van der Waals surface area contributed by atoms with E-state index in [0.29, 0.717) is 0 Å². The minimum absolute atomic E-state index is 0.0433. The molecular weight excluding hydrogens is 366 g/mol. The van der Waals surface area contributed by atoms with Crippen LogP contribution in [0.5, 0.6) is 0 Å². The molecule has 1 aliphatic carbocycles. The predicted molar refractivity (Wildman–Crippen MR) is 103 cm³/mol. The molecule has 1 aromatic rings. The fourth-order valence-corrected chi connectivity index (χ4v) is 5.68. The van der Waals surface area contributed by atoms with E-state index >= 15 is 0 Å². The normalized spacial score (nSPS) is 18.6. The fourth-order valence-electron chi connectivity index (χ4n) is 4.07. The monoisotopic (exact) mass is 395 g/mol. The van der Waals surface area contributed by atoms with E-state index in [9.17, 15) is 18.0 Å². The van der Waals surface area contributed by atoms with Crippen LogP contribution < -0.4 is 16.2 Å². The minimum atomic E-state index is -4.04. The number of rotatable bonds is 6. The summed E-state index contributed by atoms with van der Waals surface area (Å²) in [5, 5.41) is 0. The Morgan fingerprint density at radius 2 is 1.52 bits per heavy atom. The van der Waals surface area contributed by atoms with Crippen molar-refractivity contribution in [3.8, 4) is 0 Å². The van der Waals surface area contributed by atoms with Gasteiger partial charge in [0.15, 0.2) is 0 Å². The first kappa shape index (κ1) is 21.4. The molecule has 2 rings (SSSR count). The van der Waals surface area contributed by atoms with Gasteiger partial charge in [-0.3, -0.25) is 9.59 Å². The number of nitrogens with one attached hydrogen (secondary N) is 1. The topological polar surface area (TPSA) is 132 Å². The molecule has 8 heteroatoms. The minimum Gasteiger partial charge on any atom is -0.368 e. The maximum atomic E-state index is 13.1. The van der Waals surface area contributed by atoms with E-state index in [2.05, 4.69) is 4.72 Å². The second kappa shape index (κ2) is 7.59. The SMILES string of the molecule is CC(C)(C)C(NS(=O)(=O)c1ccc(C(N)=O)cc1)(C(N)=O)C1CCCCC1. The molecule has 0 heterocycles. The molecule has 5 N–H and O–H groups in total. The lowest BCUT2D eigenvalue weighted by molar-refractivity contribution is -0.132. The van der Waals surface area contributed by atoms with Crippen LogP contribution in [0.15, 0.2) is 29.2 Å². The first-order chi connectivity index (χ1) is 12.4. The number of amides is 2. The quantitative estimate of drug-likeness (QED) is 0.678. The molecule has 1 aliphatic rings. The Kier molecular flexibility index (Phi) is 6.01. The first-order valence-corrected chi connectivity index (χ1v) is 10.6. The number of hydrogen-bond acceptors (Lipinski definition) is 4. The third kappa shape index (κ3) is 4.16. The van der Waals surface area contributed by atoms with E-state index in [1.165, 1.54) is 24.3 Å². The van der Waals surface area contributed by atoms with Gasteiger partial charge in [-0.2, -0.15) is 4.72 Å². The van der Waals surface area contributed by atoms with Crippen molar-refractivity contribution in [1.29, 1.82) is 0 Å². The third-order valence-electron chi connectivity index (χ3n) is 5.53. The number of benzene rings is 1. The second-order valence-corrected chi connectivity index (χ2v) is 9.93. The Hall–Kier alpha value is -1.93. The van der Waals surface area contributed by atoms with Gasteiger partial charge in [0, 0.05) is 5.56 Å². The molecule has 1 unspecified atom stereocenters. The Morgan fingerprint density at radius 1 is 1.00 bits per heavy atom. The summed E-state index contributed by atoms with van der Waals surface area (Å²) in [6.45, 7) is 5.47. The number of sulfonamides is 1. The van der Waals surface area contributed by atoms with Crippen LogP contribution in [0.1, 0.15) is 63.2 Å². The standard InChI is InChI=1S/C19H29N3O4S/c1-18(2,3)19(17(21)24,14-7-5-4-6-8-14)22-27(25,26)15-11-9-13(10-12-15)16(20)23/h9-12,14,22H,4-8H2,1-3H3,(H2,20,23)(H2,21,24). The van der Waals surface area contributed by atoms with Gasteiger partial charge in [-0.1, -0.05) is 40.0 Å². The molecule has 2 amide bonds. The molecule has 27 heavy (non-hydrogen) atoms. The van der Waals surface area contributed by atoms with Crippen molar-refractivity contribution in [2.45, 2.75) is 63.3 Å². The first-order valence-electron chi connectivity index (χ1n) is 9.15. The number of carbonyl (C=O) groups is 2. The second-order valence-electron chi connectivity index (χ2n) is 8.25. The maximum Gasteiger partial charge on any atom is 0.248 e. The molecule has 0 bridgehead atoms. The van der Waals surface area contributed by atoms with Gasteiger partial charge in [0.05, 0.1) is 4.90 Å². The van der Waals surface area contributed by atoms with Crippen LogP contribution in [-0.2, 0) is 14.8 Å². The maximum absolute atomic E-state index is 13.1. The highest BCUT2D eigenvalue weighted by Crippen LogP contribution is 2.44. The summed E-state index contributed by atoms with van der Waals surface area (Å²) < 4.78 is 28.8. The number of nitrogens with two attached hydrogens (primary N) is 2. The summed E-state index contributed by atoms with van der Waals surface area (Å²) in [4.78, 5) is 23.8. The van der Waals surface area contributed by atoms with Crippen molar-refractivity contribution in [2.75, 3.05) is 0 Å². The lowest BCUT2D eigenvalue weighted by atomic mass is 9.62. The average molecular weight is 396 g/mol. The van der Waals surface area contributed by atoms with Gasteiger partial charge in [-0.15, -0.1) is 0 Å². The van der Waals surface area contributed by atoms with E-state index in [1.807, 2.05) is 20.8 Å². The summed E-state index contributed by atoms with van der Waals surface area (Å²) in [5.41, 5.74) is 9.09. The highest BCUT2D eigenvalue weighted by molar-refractivity contribution is 7.89. The van der Waals surface area contributed by atoms with Crippen molar-refractivity contribution >= 4 is 21.8 Å². The Labute approximate surface area is 160 Å². The van der Waals surface area contributed by atoms with Crippen molar-refractivity contribution in [2.24, 2.45) is 22.8 Å². The summed E-state index contributed by atoms with van der Waals surface area (Å²) in [6.07, 6.45) is 4.42. The van der Waals surface area contributed by atoms with Crippen LogP contribution in [0.25, 0.3) is 0 Å². The zero-order valence-electron chi connectivity index (χ0n) is 16.1. The van der Waals surface area contributed by atoms with Gasteiger partial charge >= 0.3 is 0 Å². The van der Waals surface area contributed by atoms with Gasteiger partial charge in [0.2, 0.25) is 21.8 Å². The summed E-state index contributed by atoms with van der Waals surface area (Å²) in [6, 6.07) is 5.30. The zero-order valence-corrected chi connectivity index (χ0v) is 16.9. The van der Waals surface area contributed by atoms with Crippen LogP contribution in [0.4, 0.5) is 0 Å². The molecule has 7 nitrogen and oxygen atoms in total. The van der Waals surface area contributed by atoms with E-state index in [-0.39, 0.29) is 16.4 Å². The Morgan fingerprint density at radius 3 is 1.93 bits per heavy atom. The third-order valence-corrected chi connectivity index (χ3v) is 7.02. The molecule has 0 radical (unpaired) electrons.